The fourth-order valence-electron chi connectivity index (χ4n) is 3.53. The van der Waals surface area contributed by atoms with E-state index in [-0.39, 0.29) is 23.4 Å². The Kier molecular flexibility index (Phi) is 6.85. The van der Waals surface area contributed by atoms with E-state index < -0.39 is 6.61 Å². The topological polar surface area (TPSA) is 42.0 Å². The number of alkyl halides is 2. The Labute approximate surface area is 167 Å². The number of likely N-dealkylation sites (tertiary alicyclic amines) is 1. The lowest BCUT2D eigenvalue weighted by Gasteiger charge is -2.26. The summed E-state index contributed by atoms with van der Waals surface area (Å²) in [5, 5.41) is 2.04. The van der Waals surface area contributed by atoms with Gasteiger partial charge in [0.25, 0.3) is 0 Å². The van der Waals surface area contributed by atoms with Crippen LogP contribution in [0.1, 0.15) is 29.3 Å². The summed E-state index contributed by atoms with van der Waals surface area (Å²) in [6.45, 7) is -1.34. The molecular weight excluding hydrogens is 386 g/mol. The lowest BCUT2D eigenvalue weighted by Crippen LogP contribution is -2.38. The predicted molar refractivity (Wildman–Crippen MR) is 104 cm³/mol. The van der Waals surface area contributed by atoms with Gasteiger partial charge >= 0.3 is 6.61 Å². The fourth-order valence-corrected chi connectivity index (χ4v) is 4.41. The zero-order chi connectivity index (χ0) is 20.1. The summed E-state index contributed by atoms with van der Waals surface area (Å²) < 4.78 is 34.5. The van der Waals surface area contributed by atoms with Crippen LogP contribution in [-0.2, 0) is 11.3 Å². The number of amides is 1. The number of carbonyl (C=O) groups excluding carboxylic acids is 1. The van der Waals surface area contributed by atoms with Crippen molar-refractivity contribution in [2.75, 3.05) is 27.2 Å². The number of methoxy groups -OCH3 is 1. The van der Waals surface area contributed by atoms with Crippen LogP contribution in [0.15, 0.2) is 35.7 Å². The molecule has 0 radical (unpaired) electrons. The molecule has 152 valence electrons. The number of halogens is 2. The number of ether oxygens (including phenoxy) is 2. The molecule has 0 bridgehead atoms. The highest BCUT2D eigenvalue weighted by Gasteiger charge is 2.30. The number of rotatable bonds is 8. The van der Waals surface area contributed by atoms with E-state index >= 15 is 0 Å². The molecule has 28 heavy (non-hydrogen) atoms. The number of hydrogen-bond donors (Lipinski definition) is 0. The molecular formula is C20H24F2N2O3S. The summed E-state index contributed by atoms with van der Waals surface area (Å²) in [5.41, 5.74) is 0.852. The van der Waals surface area contributed by atoms with Crippen molar-refractivity contribution in [1.29, 1.82) is 0 Å². The molecule has 1 unspecified atom stereocenters. The van der Waals surface area contributed by atoms with E-state index in [0.717, 1.165) is 24.9 Å². The third kappa shape index (κ3) is 4.99. The van der Waals surface area contributed by atoms with Crippen molar-refractivity contribution >= 4 is 17.2 Å². The molecule has 1 atom stereocenters. The maximum absolute atomic E-state index is 12.8. The Morgan fingerprint density at radius 2 is 2.18 bits per heavy atom. The highest BCUT2D eigenvalue weighted by molar-refractivity contribution is 7.10. The molecule has 1 aromatic heterocycles. The van der Waals surface area contributed by atoms with Crippen molar-refractivity contribution in [2.24, 2.45) is 0 Å². The number of carbonyl (C=O) groups is 1. The number of hydrogen-bond acceptors (Lipinski definition) is 5. The van der Waals surface area contributed by atoms with E-state index in [0.29, 0.717) is 13.1 Å². The molecule has 0 saturated carbocycles. The van der Waals surface area contributed by atoms with Crippen LogP contribution in [0.4, 0.5) is 8.78 Å². The third-order valence-electron chi connectivity index (χ3n) is 4.75. The van der Waals surface area contributed by atoms with Crippen LogP contribution in [0.2, 0.25) is 0 Å². The van der Waals surface area contributed by atoms with Crippen LogP contribution in [0, 0.1) is 0 Å². The van der Waals surface area contributed by atoms with Crippen LogP contribution >= 0.6 is 11.3 Å². The van der Waals surface area contributed by atoms with Gasteiger partial charge in [0.2, 0.25) is 5.91 Å². The van der Waals surface area contributed by atoms with E-state index in [9.17, 15) is 13.6 Å². The summed E-state index contributed by atoms with van der Waals surface area (Å²) in [6.07, 6.45) is 2.01. The Morgan fingerprint density at radius 1 is 1.36 bits per heavy atom. The molecule has 1 aliphatic rings. The molecule has 2 aromatic rings. The number of nitrogens with zero attached hydrogens (tertiary/aromatic N) is 2. The zero-order valence-corrected chi connectivity index (χ0v) is 16.8. The summed E-state index contributed by atoms with van der Waals surface area (Å²) >= 11 is 1.69. The smallest absolute Gasteiger partial charge is 0.387 e. The number of thiophene rings is 1. The summed E-state index contributed by atoms with van der Waals surface area (Å²) in [5.74, 6) is 0.341. The third-order valence-corrected chi connectivity index (χ3v) is 5.72. The Bertz CT molecular complexity index is 786. The summed E-state index contributed by atoms with van der Waals surface area (Å²) in [4.78, 5) is 17.9. The number of likely N-dealkylation sites (N-methyl/N-ethyl adjacent to an activating group) is 1. The van der Waals surface area contributed by atoms with Crippen molar-refractivity contribution in [3.8, 4) is 11.5 Å². The van der Waals surface area contributed by atoms with Gasteiger partial charge in [-0.05, 0) is 49.0 Å². The van der Waals surface area contributed by atoms with Gasteiger partial charge in [-0.2, -0.15) is 8.78 Å². The van der Waals surface area contributed by atoms with Crippen molar-refractivity contribution in [3.05, 3.63) is 46.2 Å². The van der Waals surface area contributed by atoms with Gasteiger partial charge in [0, 0.05) is 18.0 Å². The van der Waals surface area contributed by atoms with Crippen LogP contribution in [-0.4, -0.2) is 49.6 Å². The van der Waals surface area contributed by atoms with E-state index in [4.69, 9.17) is 4.74 Å². The largest absolute Gasteiger partial charge is 0.493 e. The van der Waals surface area contributed by atoms with Gasteiger partial charge in [0.05, 0.1) is 19.7 Å². The van der Waals surface area contributed by atoms with Gasteiger partial charge < -0.3 is 14.4 Å². The normalized spacial score (nSPS) is 16.8. The Hall–Kier alpha value is -2.19. The summed E-state index contributed by atoms with van der Waals surface area (Å²) in [6, 6.07) is 9.09. The highest BCUT2D eigenvalue weighted by Crippen LogP contribution is 2.34. The van der Waals surface area contributed by atoms with Gasteiger partial charge in [0.15, 0.2) is 11.5 Å². The minimum Gasteiger partial charge on any atom is -0.493 e. The zero-order valence-electron chi connectivity index (χ0n) is 15.9. The SMILES string of the molecule is COc1cc(CN(C)CC(=O)N2CCCC2c2cccs2)ccc1OC(F)F. The molecule has 1 saturated heterocycles. The Morgan fingerprint density at radius 3 is 2.86 bits per heavy atom. The van der Waals surface area contributed by atoms with Crippen LogP contribution in [0.25, 0.3) is 0 Å². The molecule has 5 nitrogen and oxygen atoms in total. The first-order valence-electron chi connectivity index (χ1n) is 9.11. The minimum absolute atomic E-state index is 0.00386. The molecule has 0 N–H and O–H groups in total. The van der Waals surface area contributed by atoms with Gasteiger partial charge in [-0.3, -0.25) is 9.69 Å². The monoisotopic (exact) mass is 410 g/mol. The van der Waals surface area contributed by atoms with Gasteiger partial charge in [-0.1, -0.05) is 12.1 Å². The van der Waals surface area contributed by atoms with Crippen LogP contribution in [0.3, 0.4) is 0 Å². The minimum atomic E-state index is -2.91. The van der Waals surface area contributed by atoms with Crippen LogP contribution in [0.5, 0.6) is 11.5 Å². The summed E-state index contributed by atoms with van der Waals surface area (Å²) in [7, 11) is 3.27. The van der Waals surface area contributed by atoms with Gasteiger partial charge in [-0.15, -0.1) is 11.3 Å². The van der Waals surface area contributed by atoms with Crippen LogP contribution < -0.4 is 9.47 Å². The first-order chi connectivity index (χ1) is 13.5. The van der Waals surface area contributed by atoms with Gasteiger partial charge in [-0.25, -0.2) is 0 Å². The average Bonchev–Trinajstić information content (AvgIpc) is 3.33. The van der Waals surface area contributed by atoms with E-state index in [2.05, 4.69) is 10.8 Å². The second kappa shape index (κ2) is 9.34. The molecule has 8 heteroatoms. The quantitative estimate of drug-likeness (QED) is 0.656. The predicted octanol–water partition coefficient (Wildman–Crippen LogP) is 4.15. The maximum Gasteiger partial charge on any atom is 0.387 e. The second-order valence-electron chi connectivity index (χ2n) is 6.80. The fraction of sp³-hybridized carbons (Fsp3) is 0.450. The lowest BCUT2D eigenvalue weighted by atomic mass is 10.1. The Balaban J connectivity index is 1.60. The van der Waals surface area contributed by atoms with E-state index in [1.54, 1.807) is 23.5 Å². The van der Waals surface area contributed by atoms with E-state index in [1.165, 1.54) is 18.1 Å². The average molecular weight is 410 g/mol. The molecule has 0 spiro atoms. The highest BCUT2D eigenvalue weighted by atomic mass is 32.1. The molecule has 0 aliphatic carbocycles. The lowest BCUT2D eigenvalue weighted by molar-refractivity contribution is -0.133. The standard InChI is InChI=1S/C20H24F2N2O3S/c1-23(12-14-7-8-16(27-20(21)22)17(11-14)26-2)13-19(25)24-9-3-5-15(24)18-6-4-10-28-18/h4,6-8,10-11,15,20H,3,5,9,12-13H2,1-2H3. The van der Waals surface area contributed by atoms with Gasteiger partial charge in [0.1, 0.15) is 0 Å². The second-order valence-corrected chi connectivity index (χ2v) is 7.78. The molecule has 1 fully saturated rings. The molecule has 1 aromatic carbocycles. The number of benzene rings is 1. The molecule has 3 rings (SSSR count). The first kappa shape index (κ1) is 20.5. The molecule has 1 aliphatic heterocycles. The molecule has 2 heterocycles. The maximum atomic E-state index is 12.8. The first-order valence-corrected chi connectivity index (χ1v) is 9.99. The van der Waals surface area contributed by atoms with Crippen molar-refractivity contribution in [3.63, 3.8) is 0 Å². The van der Waals surface area contributed by atoms with Crippen molar-refractivity contribution < 1.29 is 23.0 Å². The van der Waals surface area contributed by atoms with Crippen molar-refractivity contribution in [2.45, 2.75) is 32.0 Å². The van der Waals surface area contributed by atoms with Crippen molar-refractivity contribution in [1.82, 2.24) is 9.80 Å². The van der Waals surface area contributed by atoms with E-state index in [1.807, 2.05) is 28.3 Å². The molecule has 1 amide bonds.